The second kappa shape index (κ2) is 4.73. The molecule has 0 bridgehead atoms. The van der Waals surface area contributed by atoms with E-state index in [2.05, 4.69) is 15.1 Å². The summed E-state index contributed by atoms with van der Waals surface area (Å²) in [4.78, 5) is 2.10. The average molecular weight is 299 g/mol. The number of hydrogen-bond donors (Lipinski definition) is 2. The van der Waals surface area contributed by atoms with Gasteiger partial charge in [-0.1, -0.05) is 0 Å². The van der Waals surface area contributed by atoms with Crippen LogP contribution in [0, 0.1) is 6.92 Å². The smallest absolute Gasteiger partial charge is 0.153 e. The van der Waals surface area contributed by atoms with Crippen molar-refractivity contribution in [2.75, 3.05) is 29.5 Å². The summed E-state index contributed by atoms with van der Waals surface area (Å²) >= 11 is 0. The van der Waals surface area contributed by atoms with Gasteiger partial charge >= 0.3 is 0 Å². The number of aromatic amines is 1. The number of sulfone groups is 1. The zero-order valence-electron chi connectivity index (χ0n) is 11.7. The highest BCUT2D eigenvalue weighted by molar-refractivity contribution is 7.91. The van der Waals surface area contributed by atoms with Crippen LogP contribution in [0.1, 0.15) is 30.5 Å². The van der Waals surface area contributed by atoms with Crippen molar-refractivity contribution in [2.45, 2.75) is 38.2 Å². The largest absolute Gasteiger partial charge is 0.388 e. The second-order valence-corrected chi connectivity index (χ2v) is 8.36. The standard InChI is InChI=1S/C13H21N3O3S/c1-10-11-3-2-6-16(12(11)15-14-10)9-13(17)4-7-20(18,19)8-5-13/h17H,2-9H2,1H3,(H,14,15). The molecule has 1 saturated heterocycles. The quantitative estimate of drug-likeness (QED) is 0.826. The Hall–Kier alpha value is -1.08. The van der Waals surface area contributed by atoms with E-state index in [1.165, 1.54) is 5.56 Å². The Morgan fingerprint density at radius 2 is 2.10 bits per heavy atom. The summed E-state index contributed by atoms with van der Waals surface area (Å²) in [5.41, 5.74) is 1.40. The molecule has 1 aromatic rings. The second-order valence-electron chi connectivity index (χ2n) is 6.05. The fourth-order valence-electron chi connectivity index (χ4n) is 3.14. The van der Waals surface area contributed by atoms with Gasteiger partial charge < -0.3 is 10.0 Å². The molecule has 2 N–H and O–H groups in total. The van der Waals surface area contributed by atoms with Crippen molar-refractivity contribution in [1.29, 1.82) is 0 Å². The SMILES string of the molecule is Cc1[nH]nc2c1CCCN2CC1(O)CCS(=O)(=O)CC1. The minimum Gasteiger partial charge on any atom is -0.388 e. The van der Waals surface area contributed by atoms with Crippen LogP contribution in [0.3, 0.4) is 0 Å². The van der Waals surface area contributed by atoms with E-state index in [1.807, 2.05) is 6.92 Å². The maximum atomic E-state index is 11.5. The molecule has 1 aromatic heterocycles. The van der Waals surface area contributed by atoms with Crippen molar-refractivity contribution in [1.82, 2.24) is 10.2 Å². The first-order valence-electron chi connectivity index (χ1n) is 7.10. The Morgan fingerprint density at radius 1 is 1.40 bits per heavy atom. The summed E-state index contributed by atoms with van der Waals surface area (Å²) in [6.45, 7) is 3.35. The van der Waals surface area contributed by atoms with Crippen LogP contribution in [0.4, 0.5) is 5.82 Å². The predicted octanol–water partition coefficient (Wildman–Crippen LogP) is 0.410. The highest BCUT2D eigenvalue weighted by atomic mass is 32.2. The van der Waals surface area contributed by atoms with E-state index in [4.69, 9.17) is 0 Å². The number of H-pyrrole nitrogens is 1. The number of β-amino-alcohol motifs (C(OH)–C–C–N with tert-alkyl or cyclic N) is 1. The maximum absolute atomic E-state index is 11.5. The van der Waals surface area contributed by atoms with Crippen molar-refractivity contribution < 1.29 is 13.5 Å². The van der Waals surface area contributed by atoms with Crippen LogP contribution >= 0.6 is 0 Å². The number of anilines is 1. The molecule has 6 nitrogen and oxygen atoms in total. The van der Waals surface area contributed by atoms with Gasteiger partial charge in [-0.05, 0) is 32.6 Å². The molecule has 7 heteroatoms. The zero-order chi connectivity index (χ0) is 14.4. The molecule has 0 spiro atoms. The normalized spacial score (nSPS) is 24.4. The molecule has 3 heterocycles. The van der Waals surface area contributed by atoms with E-state index in [1.54, 1.807) is 0 Å². The van der Waals surface area contributed by atoms with Crippen LogP contribution in [0.15, 0.2) is 0 Å². The van der Waals surface area contributed by atoms with Crippen molar-refractivity contribution in [3.05, 3.63) is 11.3 Å². The van der Waals surface area contributed by atoms with E-state index in [0.717, 1.165) is 30.9 Å². The Balaban J connectivity index is 1.76. The number of nitrogens with one attached hydrogen (secondary N) is 1. The molecule has 1 fully saturated rings. The number of fused-ring (bicyclic) bond motifs is 1. The van der Waals surface area contributed by atoms with E-state index in [0.29, 0.717) is 19.4 Å². The van der Waals surface area contributed by atoms with Crippen molar-refractivity contribution in [2.24, 2.45) is 0 Å². The van der Waals surface area contributed by atoms with Gasteiger partial charge in [0.15, 0.2) is 15.7 Å². The van der Waals surface area contributed by atoms with E-state index < -0.39 is 15.4 Å². The summed E-state index contributed by atoms with van der Waals surface area (Å²) in [5, 5.41) is 18.0. The molecule has 0 aliphatic carbocycles. The lowest BCUT2D eigenvalue weighted by Crippen LogP contribution is -2.49. The minimum atomic E-state index is -2.95. The van der Waals surface area contributed by atoms with E-state index in [9.17, 15) is 13.5 Å². The van der Waals surface area contributed by atoms with E-state index in [-0.39, 0.29) is 11.5 Å². The summed E-state index contributed by atoms with van der Waals surface area (Å²) in [7, 11) is -2.95. The van der Waals surface area contributed by atoms with Crippen LogP contribution in [0.5, 0.6) is 0 Å². The third-order valence-corrected chi connectivity index (χ3v) is 6.10. The monoisotopic (exact) mass is 299 g/mol. The molecule has 0 radical (unpaired) electrons. The lowest BCUT2D eigenvalue weighted by atomic mass is 9.94. The first kappa shape index (κ1) is 13.9. The van der Waals surface area contributed by atoms with Gasteiger partial charge in [0.25, 0.3) is 0 Å². The van der Waals surface area contributed by atoms with Gasteiger partial charge in [0.05, 0.1) is 17.1 Å². The van der Waals surface area contributed by atoms with Gasteiger partial charge in [0.1, 0.15) is 0 Å². The number of rotatable bonds is 2. The predicted molar refractivity (Wildman–Crippen MR) is 76.7 cm³/mol. The first-order valence-corrected chi connectivity index (χ1v) is 8.92. The van der Waals surface area contributed by atoms with Crippen molar-refractivity contribution in [3.8, 4) is 0 Å². The number of nitrogens with zero attached hydrogens (tertiary/aromatic N) is 2. The van der Waals surface area contributed by atoms with Crippen LogP contribution in [0.2, 0.25) is 0 Å². The third-order valence-electron chi connectivity index (χ3n) is 4.45. The van der Waals surface area contributed by atoms with Crippen LogP contribution in [-0.2, 0) is 16.3 Å². The molecule has 0 saturated carbocycles. The Bertz CT molecular complexity index is 594. The molecule has 0 unspecified atom stereocenters. The average Bonchev–Trinajstić information content (AvgIpc) is 2.77. The molecule has 3 rings (SSSR count). The highest BCUT2D eigenvalue weighted by Gasteiger charge is 2.38. The minimum absolute atomic E-state index is 0.0871. The zero-order valence-corrected chi connectivity index (χ0v) is 12.5. The van der Waals surface area contributed by atoms with Crippen molar-refractivity contribution in [3.63, 3.8) is 0 Å². The summed E-state index contributed by atoms with van der Waals surface area (Å²) < 4.78 is 23.0. The molecule has 2 aliphatic heterocycles. The molecular formula is C13H21N3O3S. The van der Waals surface area contributed by atoms with Crippen LogP contribution < -0.4 is 4.90 Å². The van der Waals surface area contributed by atoms with Crippen LogP contribution in [0.25, 0.3) is 0 Å². The fourth-order valence-corrected chi connectivity index (χ4v) is 4.72. The Morgan fingerprint density at radius 3 is 2.80 bits per heavy atom. The first-order chi connectivity index (χ1) is 9.39. The number of hydrogen-bond acceptors (Lipinski definition) is 5. The molecule has 0 aromatic carbocycles. The van der Waals surface area contributed by atoms with Gasteiger partial charge in [-0.3, -0.25) is 5.10 Å². The lowest BCUT2D eigenvalue weighted by Gasteiger charge is -2.38. The van der Waals surface area contributed by atoms with Gasteiger partial charge in [-0.25, -0.2) is 8.42 Å². The van der Waals surface area contributed by atoms with E-state index >= 15 is 0 Å². The Kier molecular flexibility index (Phi) is 3.29. The van der Waals surface area contributed by atoms with Gasteiger partial charge in [0, 0.05) is 24.3 Å². The van der Waals surface area contributed by atoms with Gasteiger partial charge in [-0.2, -0.15) is 5.10 Å². The maximum Gasteiger partial charge on any atom is 0.153 e. The molecule has 112 valence electrons. The third kappa shape index (κ3) is 2.56. The fraction of sp³-hybridized carbons (Fsp3) is 0.769. The summed E-state index contributed by atoms with van der Waals surface area (Å²) in [5.74, 6) is 1.10. The molecular weight excluding hydrogens is 278 g/mol. The summed E-state index contributed by atoms with van der Waals surface area (Å²) in [6, 6.07) is 0. The summed E-state index contributed by atoms with van der Waals surface area (Å²) in [6.07, 6.45) is 2.71. The van der Waals surface area contributed by atoms with Crippen LogP contribution in [-0.4, -0.2) is 53.9 Å². The molecule has 20 heavy (non-hydrogen) atoms. The number of aromatic nitrogens is 2. The number of aliphatic hydroxyl groups is 1. The molecule has 0 amide bonds. The Labute approximate surface area is 119 Å². The van der Waals surface area contributed by atoms with Gasteiger partial charge in [0.2, 0.25) is 0 Å². The van der Waals surface area contributed by atoms with Gasteiger partial charge in [-0.15, -0.1) is 0 Å². The topological polar surface area (TPSA) is 86.3 Å². The number of aryl methyl sites for hydroxylation is 1. The molecule has 2 aliphatic rings. The van der Waals surface area contributed by atoms with Crippen molar-refractivity contribution >= 4 is 15.7 Å². The lowest BCUT2D eigenvalue weighted by molar-refractivity contribution is 0.0368. The highest BCUT2D eigenvalue weighted by Crippen LogP contribution is 2.31. The molecule has 0 atom stereocenters.